The van der Waals surface area contributed by atoms with Crippen molar-refractivity contribution in [1.29, 1.82) is 0 Å². The van der Waals surface area contributed by atoms with Crippen molar-refractivity contribution in [2.75, 3.05) is 13.1 Å². The minimum atomic E-state index is -0.957. The largest absolute Gasteiger partial charge is 0.480 e. The predicted molar refractivity (Wildman–Crippen MR) is 60.2 cm³/mol. The van der Waals surface area contributed by atoms with Gasteiger partial charge in [0.25, 0.3) is 0 Å². The molecule has 16 heavy (non-hydrogen) atoms. The standard InChI is InChI=1S/C11H20N2O3/c1-8(2)7-9(10(14)15)12-11(16)13-5-3-4-6-13/h8-9H,3-7H2,1-2H3,(H,12,16)(H,14,15). The summed E-state index contributed by atoms with van der Waals surface area (Å²) in [5, 5.41) is 11.6. The summed E-state index contributed by atoms with van der Waals surface area (Å²) in [6.45, 7) is 5.36. The van der Waals surface area contributed by atoms with Gasteiger partial charge in [-0.15, -0.1) is 0 Å². The second kappa shape index (κ2) is 5.72. The molecule has 2 amide bonds. The smallest absolute Gasteiger partial charge is 0.326 e. The molecule has 0 aromatic carbocycles. The number of rotatable bonds is 4. The highest BCUT2D eigenvalue weighted by Crippen LogP contribution is 2.09. The first-order valence-electron chi connectivity index (χ1n) is 5.79. The molecule has 0 bridgehead atoms. The number of hydrogen-bond acceptors (Lipinski definition) is 2. The van der Waals surface area contributed by atoms with E-state index in [4.69, 9.17) is 5.11 Å². The zero-order valence-electron chi connectivity index (χ0n) is 9.90. The van der Waals surface area contributed by atoms with Gasteiger partial charge in [0.15, 0.2) is 0 Å². The number of nitrogens with zero attached hydrogens (tertiary/aromatic N) is 1. The van der Waals surface area contributed by atoms with E-state index in [0.717, 1.165) is 25.9 Å². The number of urea groups is 1. The number of carbonyl (C=O) groups is 2. The van der Waals surface area contributed by atoms with Gasteiger partial charge in [-0.05, 0) is 25.2 Å². The van der Waals surface area contributed by atoms with E-state index in [1.165, 1.54) is 0 Å². The molecule has 0 saturated carbocycles. The number of hydrogen-bond donors (Lipinski definition) is 2. The lowest BCUT2D eigenvalue weighted by Crippen LogP contribution is -2.47. The highest BCUT2D eigenvalue weighted by molar-refractivity contribution is 5.82. The third kappa shape index (κ3) is 3.72. The molecular formula is C11H20N2O3. The van der Waals surface area contributed by atoms with Crippen LogP contribution in [0.5, 0.6) is 0 Å². The van der Waals surface area contributed by atoms with Crippen molar-refractivity contribution in [3.05, 3.63) is 0 Å². The molecule has 1 atom stereocenters. The van der Waals surface area contributed by atoms with E-state index in [9.17, 15) is 9.59 Å². The van der Waals surface area contributed by atoms with E-state index in [1.54, 1.807) is 4.90 Å². The molecule has 0 aliphatic carbocycles. The van der Waals surface area contributed by atoms with Gasteiger partial charge in [0.1, 0.15) is 6.04 Å². The van der Waals surface area contributed by atoms with Gasteiger partial charge < -0.3 is 15.3 Å². The third-order valence-corrected chi connectivity index (χ3v) is 2.70. The number of amides is 2. The van der Waals surface area contributed by atoms with Crippen molar-refractivity contribution in [1.82, 2.24) is 10.2 Å². The molecule has 0 spiro atoms. The molecule has 0 aromatic heterocycles. The fraction of sp³-hybridized carbons (Fsp3) is 0.818. The van der Waals surface area contributed by atoms with Crippen LogP contribution >= 0.6 is 0 Å². The van der Waals surface area contributed by atoms with E-state index in [2.05, 4.69) is 5.32 Å². The lowest BCUT2D eigenvalue weighted by molar-refractivity contribution is -0.139. The van der Waals surface area contributed by atoms with Gasteiger partial charge in [0.2, 0.25) is 0 Å². The van der Waals surface area contributed by atoms with Gasteiger partial charge in [0.05, 0.1) is 0 Å². The molecule has 92 valence electrons. The number of carboxylic acid groups (broad SMARTS) is 1. The van der Waals surface area contributed by atoms with Crippen molar-refractivity contribution < 1.29 is 14.7 Å². The fourth-order valence-corrected chi connectivity index (χ4v) is 1.85. The molecule has 1 rings (SSSR count). The Hall–Kier alpha value is -1.26. The highest BCUT2D eigenvalue weighted by Gasteiger charge is 2.25. The van der Waals surface area contributed by atoms with Crippen molar-refractivity contribution in [3.63, 3.8) is 0 Å². The Morgan fingerprint density at radius 2 is 1.88 bits per heavy atom. The minimum Gasteiger partial charge on any atom is -0.480 e. The maximum absolute atomic E-state index is 11.7. The quantitative estimate of drug-likeness (QED) is 0.761. The molecule has 1 fully saturated rings. The summed E-state index contributed by atoms with van der Waals surface area (Å²) in [6.07, 6.45) is 2.49. The Morgan fingerprint density at radius 3 is 2.31 bits per heavy atom. The van der Waals surface area contributed by atoms with Gasteiger partial charge >= 0.3 is 12.0 Å². The normalized spacial score (nSPS) is 17.6. The van der Waals surface area contributed by atoms with Crippen LogP contribution in [0.3, 0.4) is 0 Å². The van der Waals surface area contributed by atoms with E-state index in [1.807, 2.05) is 13.8 Å². The first-order chi connectivity index (χ1) is 7.50. The fourth-order valence-electron chi connectivity index (χ4n) is 1.85. The molecule has 0 aromatic rings. The van der Waals surface area contributed by atoms with E-state index in [0.29, 0.717) is 6.42 Å². The van der Waals surface area contributed by atoms with Gasteiger partial charge in [-0.25, -0.2) is 9.59 Å². The van der Waals surface area contributed by atoms with Crippen LogP contribution < -0.4 is 5.32 Å². The van der Waals surface area contributed by atoms with E-state index in [-0.39, 0.29) is 11.9 Å². The van der Waals surface area contributed by atoms with Crippen LogP contribution in [0.2, 0.25) is 0 Å². The Bertz CT molecular complexity index is 260. The maximum Gasteiger partial charge on any atom is 0.326 e. The lowest BCUT2D eigenvalue weighted by atomic mass is 10.0. The molecule has 1 aliphatic rings. The van der Waals surface area contributed by atoms with E-state index >= 15 is 0 Å². The lowest BCUT2D eigenvalue weighted by Gasteiger charge is -2.21. The van der Waals surface area contributed by atoms with Gasteiger partial charge in [-0.2, -0.15) is 0 Å². The summed E-state index contributed by atoms with van der Waals surface area (Å²) in [5.74, 6) is -0.707. The molecular weight excluding hydrogens is 208 g/mol. The average molecular weight is 228 g/mol. The van der Waals surface area contributed by atoms with Gasteiger partial charge in [0, 0.05) is 13.1 Å². The number of carbonyl (C=O) groups excluding carboxylic acids is 1. The number of nitrogens with one attached hydrogen (secondary N) is 1. The topological polar surface area (TPSA) is 69.6 Å². The van der Waals surface area contributed by atoms with Crippen LogP contribution in [-0.4, -0.2) is 41.1 Å². The Morgan fingerprint density at radius 1 is 1.31 bits per heavy atom. The summed E-state index contributed by atoms with van der Waals surface area (Å²) < 4.78 is 0. The van der Waals surface area contributed by atoms with Crippen LogP contribution in [0, 0.1) is 5.92 Å². The molecule has 1 heterocycles. The van der Waals surface area contributed by atoms with Crippen molar-refractivity contribution >= 4 is 12.0 Å². The number of carboxylic acids is 1. The molecule has 1 aliphatic heterocycles. The van der Waals surface area contributed by atoms with Crippen LogP contribution in [0.1, 0.15) is 33.1 Å². The zero-order valence-corrected chi connectivity index (χ0v) is 9.90. The Kier molecular flexibility index (Phi) is 4.58. The molecule has 1 saturated heterocycles. The first-order valence-corrected chi connectivity index (χ1v) is 5.79. The molecule has 0 radical (unpaired) electrons. The van der Waals surface area contributed by atoms with Crippen LogP contribution in [0.4, 0.5) is 4.79 Å². The first kappa shape index (κ1) is 12.8. The summed E-state index contributed by atoms with van der Waals surface area (Å²) in [4.78, 5) is 24.3. The summed E-state index contributed by atoms with van der Waals surface area (Å²) in [6, 6.07) is -1.02. The Balaban J connectivity index is 2.47. The predicted octanol–water partition coefficient (Wildman–Crippen LogP) is 1.29. The van der Waals surface area contributed by atoms with Crippen LogP contribution in [-0.2, 0) is 4.79 Å². The molecule has 1 unspecified atom stereocenters. The number of likely N-dealkylation sites (tertiary alicyclic amines) is 1. The van der Waals surface area contributed by atoms with Crippen LogP contribution in [0.25, 0.3) is 0 Å². The van der Waals surface area contributed by atoms with Crippen molar-refractivity contribution in [2.24, 2.45) is 5.92 Å². The molecule has 5 nitrogen and oxygen atoms in total. The highest BCUT2D eigenvalue weighted by atomic mass is 16.4. The summed E-state index contributed by atoms with van der Waals surface area (Å²) >= 11 is 0. The number of aliphatic carboxylic acids is 1. The van der Waals surface area contributed by atoms with Gasteiger partial charge in [-0.1, -0.05) is 13.8 Å². The molecule has 2 N–H and O–H groups in total. The summed E-state index contributed by atoms with van der Waals surface area (Å²) in [7, 11) is 0. The zero-order chi connectivity index (χ0) is 12.1. The summed E-state index contributed by atoms with van der Waals surface area (Å²) in [5.41, 5.74) is 0. The monoisotopic (exact) mass is 228 g/mol. The van der Waals surface area contributed by atoms with Crippen molar-refractivity contribution in [2.45, 2.75) is 39.2 Å². The van der Waals surface area contributed by atoms with Gasteiger partial charge in [-0.3, -0.25) is 0 Å². The second-order valence-electron chi connectivity index (χ2n) is 4.66. The Labute approximate surface area is 95.8 Å². The van der Waals surface area contributed by atoms with E-state index < -0.39 is 12.0 Å². The average Bonchev–Trinajstić information content (AvgIpc) is 2.68. The van der Waals surface area contributed by atoms with Crippen molar-refractivity contribution in [3.8, 4) is 0 Å². The third-order valence-electron chi connectivity index (χ3n) is 2.70. The maximum atomic E-state index is 11.7. The minimum absolute atomic E-state index is 0.245. The van der Waals surface area contributed by atoms with Crippen LogP contribution in [0.15, 0.2) is 0 Å². The SMILES string of the molecule is CC(C)CC(NC(=O)N1CCCC1)C(=O)O. The second-order valence-corrected chi connectivity index (χ2v) is 4.66. The molecule has 5 heteroatoms.